The van der Waals surface area contributed by atoms with Crippen LogP contribution in [0.15, 0.2) is 42.6 Å². The van der Waals surface area contributed by atoms with Crippen LogP contribution in [-0.4, -0.2) is 48.6 Å². The van der Waals surface area contributed by atoms with Crippen LogP contribution in [0.2, 0.25) is 5.02 Å². The molecule has 1 N–H and O–H groups in total. The average molecular weight is 432 g/mol. The van der Waals surface area contributed by atoms with Crippen molar-refractivity contribution in [2.75, 3.05) is 32.8 Å². The van der Waals surface area contributed by atoms with E-state index in [1.165, 1.54) is 17.7 Å². The first-order chi connectivity index (χ1) is 14.6. The van der Waals surface area contributed by atoms with Crippen molar-refractivity contribution in [3.05, 3.63) is 59.0 Å². The zero-order valence-electron chi connectivity index (χ0n) is 16.9. The Morgan fingerprint density at radius 3 is 2.63 bits per heavy atom. The summed E-state index contributed by atoms with van der Waals surface area (Å²) in [6, 6.07) is 10.8. The number of hydrogen-bond acceptors (Lipinski definition) is 4. The van der Waals surface area contributed by atoms with Crippen molar-refractivity contribution >= 4 is 17.5 Å². The molecule has 1 aromatic heterocycles. The highest BCUT2D eigenvalue weighted by Crippen LogP contribution is 2.36. The molecule has 2 saturated heterocycles. The second-order valence-electron chi connectivity index (χ2n) is 8.14. The van der Waals surface area contributed by atoms with Gasteiger partial charge in [0.2, 0.25) is 11.8 Å². The summed E-state index contributed by atoms with van der Waals surface area (Å²) < 4.78 is 18.8. The van der Waals surface area contributed by atoms with Crippen LogP contribution in [0.5, 0.6) is 5.88 Å². The van der Waals surface area contributed by atoms with Crippen LogP contribution in [0.3, 0.4) is 0 Å². The Morgan fingerprint density at radius 1 is 1.17 bits per heavy atom. The molecule has 0 radical (unpaired) electrons. The third kappa shape index (κ3) is 5.10. The van der Waals surface area contributed by atoms with Crippen LogP contribution < -0.4 is 10.1 Å². The largest absolute Gasteiger partial charge is 0.478 e. The molecule has 2 atom stereocenters. The SMILES string of the molecule is O=C(C1CCNCC1)N1C[C@H](CCOc2ccc(F)cn2)[C@@H](c2ccc(Cl)cc2)C1. The number of piperidine rings is 1. The number of aromatic nitrogens is 1. The smallest absolute Gasteiger partial charge is 0.225 e. The Bertz CT molecular complexity index is 841. The molecule has 2 aromatic rings. The lowest BCUT2D eigenvalue weighted by atomic mass is 9.87. The van der Waals surface area contributed by atoms with Gasteiger partial charge in [-0.1, -0.05) is 23.7 Å². The number of likely N-dealkylation sites (tertiary alicyclic amines) is 1. The molecule has 2 fully saturated rings. The van der Waals surface area contributed by atoms with Gasteiger partial charge in [-0.3, -0.25) is 4.79 Å². The van der Waals surface area contributed by atoms with Crippen molar-refractivity contribution in [3.63, 3.8) is 0 Å². The first kappa shape index (κ1) is 21.1. The minimum absolute atomic E-state index is 0.121. The minimum atomic E-state index is -0.381. The van der Waals surface area contributed by atoms with Crippen molar-refractivity contribution in [2.24, 2.45) is 11.8 Å². The van der Waals surface area contributed by atoms with Crippen LogP contribution in [0.1, 0.15) is 30.7 Å². The number of carbonyl (C=O) groups is 1. The second kappa shape index (κ2) is 9.75. The Balaban J connectivity index is 1.43. The minimum Gasteiger partial charge on any atom is -0.478 e. The van der Waals surface area contributed by atoms with Crippen LogP contribution in [0.25, 0.3) is 0 Å². The van der Waals surface area contributed by atoms with Crippen molar-refractivity contribution in [1.29, 1.82) is 0 Å². The molecule has 2 aliphatic heterocycles. The van der Waals surface area contributed by atoms with Gasteiger partial charge in [-0.25, -0.2) is 9.37 Å². The number of ether oxygens (including phenoxy) is 1. The molecule has 1 amide bonds. The van der Waals surface area contributed by atoms with E-state index in [4.69, 9.17) is 16.3 Å². The average Bonchev–Trinajstić information content (AvgIpc) is 3.20. The molecule has 0 spiro atoms. The number of halogens is 2. The van der Waals surface area contributed by atoms with Gasteiger partial charge in [0, 0.05) is 36.0 Å². The zero-order valence-corrected chi connectivity index (χ0v) is 17.7. The maximum Gasteiger partial charge on any atom is 0.225 e. The second-order valence-corrected chi connectivity index (χ2v) is 8.57. The van der Waals surface area contributed by atoms with E-state index in [1.54, 1.807) is 0 Å². The fourth-order valence-corrected chi connectivity index (χ4v) is 4.65. The van der Waals surface area contributed by atoms with Crippen molar-refractivity contribution < 1.29 is 13.9 Å². The van der Waals surface area contributed by atoms with E-state index >= 15 is 0 Å². The molecule has 4 rings (SSSR count). The number of pyridine rings is 1. The van der Waals surface area contributed by atoms with Gasteiger partial charge >= 0.3 is 0 Å². The van der Waals surface area contributed by atoms with E-state index in [0.717, 1.165) is 51.6 Å². The predicted octanol–water partition coefficient (Wildman–Crippen LogP) is 3.88. The van der Waals surface area contributed by atoms with E-state index in [-0.39, 0.29) is 29.5 Å². The Hall–Kier alpha value is -2.18. The summed E-state index contributed by atoms with van der Waals surface area (Å²) in [5, 5.41) is 4.04. The monoisotopic (exact) mass is 431 g/mol. The fraction of sp³-hybridized carbons (Fsp3) is 0.478. The molecule has 0 bridgehead atoms. The number of benzene rings is 1. The Kier molecular flexibility index (Phi) is 6.85. The summed E-state index contributed by atoms with van der Waals surface area (Å²) in [5.74, 6) is 0.970. The number of amides is 1. The lowest BCUT2D eigenvalue weighted by Gasteiger charge is -2.27. The van der Waals surface area contributed by atoms with E-state index in [2.05, 4.69) is 22.4 Å². The number of nitrogens with zero attached hydrogens (tertiary/aromatic N) is 2. The van der Waals surface area contributed by atoms with Crippen LogP contribution in [0, 0.1) is 17.7 Å². The zero-order chi connectivity index (χ0) is 20.9. The van der Waals surface area contributed by atoms with Crippen LogP contribution in [-0.2, 0) is 4.79 Å². The molecule has 160 valence electrons. The summed E-state index contributed by atoms with van der Waals surface area (Å²) in [6.07, 6.45) is 3.76. The third-order valence-electron chi connectivity index (χ3n) is 6.18. The third-order valence-corrected chi connectivity index (χ3v) is 6.43. The number of hydrogen-bond donors (Lipinski definition) is 1. The number of nitrogens with one attached hydrogen (secondary N) is 1. The molecular weight excluding hydrogens is 405 g/mol. The molecule has 0 unspecified atom stereocenters. The van der Waals surface area contributed by atoms with Gasteiger partial charge in [0.25, 0.3) is 0 Å². The summed E-state index contributed by atoms with van der Waals surface area (Å²) in [6.45, 7) is 3.75. The highest BCUT2D eigenvalue weighted by Gasteiger charge is 2.38. The van der Waals surface area contributed by atoms with E-state index in [0.29, 0.717) is 17.5 Å². The first-order valence-corrected chi connectivity index (χ1v) is 11.0. The summed E-state index contributed by atoms with van der Waals surface area (Å²) in [7, 11) is 0. The number of rotatable bonds is 6. The molecule has 30 heavy (non-hydrogen) atoms. The van der Waals surface area contributed by atoms with Gasteiger partial charge in [-0.15, -0.1) is 0 Å². The fourth-order valence-electron chi connectivity index (χ4n) is 4.52. The summed E-state index contributed by atoms with van der Waals surface area (Å²) in [4.78, 5) is 19.1. The van der Waals surface area contributed by atoms with Crippen molar-refractivity contribution in [1.82, 2.24) is 15.2 Å². The predicted molar refractivity (Wildman–Crippen MR) is 114 cm³/mol. The summed E-state index contributed by atoms with van der Waals surface area (Å²) >= 11 is 6.07. The first-order valence-electron chi connectivity index (χ1n) is 10.6. The van der Waals surface area contributed by atoms with Gasteiger partial charge in [0.05, 0.1) is 12.8 Å². The van der Waals surface area contributed by atoms with Crippen molar-refractivity contribution in [3.8, 4) is 5.88 Å². The van der Waals surface area contributed by atoms with Gasteiger partial charge in [-0.05, 0) is 62.0 Å². The van der Waals surface area contributed by atoms with Gasteiger partial charge in [0.1, 0.15) is 5.82 Å². The van der Waals surface area contributed by atoms with Gasteiger partial charge in [0.15, 0.2) is 0 Å². The number of carbonyl (C=O) groups excluding carboxylic acids is 1. The van der Waals surface area contributed by atoms with Gasteiger partial charge < -0.3 is 15.0 Å². The van der Waals surface area contributed by atoms with Gasteiger partial charge in [-0.2, -0.15) is 0 Å². The Morgan fingerprint density at radius 2 is 1.93 bits per heavy atom. The molecular formula is C23H27ClFN3O2. The molecule has 2 aliphatic rings. The van der Waals surface area contributed by atoms with Crippen LogP contribution in [0.4, 0.5) is 4.39 Å². The maximum atomic E-state index is 13.1. The lowest BCUT2D eigenvalue weighted by Crippen LogP contribution is -2.40. The molecule has 0 saturated carbocycles. The molecule has 5 nitrogen and oxygen atoms in total. The van der Waals surface area contributed by atoms with E-state index in [1.807, 2.05) is 17.0 Å². The van der Waals surface area contributed by atoms with Crippen LogP contribution >= 0.6 is 11.6 Å². The quantitative estimate of drug-likeness (QED) is 0.754. The Labute approximate surface area is 181 Å². The topological polar surface area (TPSA) is 54.5 Å². The van der Waals surface area contributed by atoms with E-state index < -0.39 is 0 Å². The molecule has 0 aliphatic carbocycles. The summed E-state index contributed by atoms with van der Waals surface area (Å²) in [5.41, 5.74) is 1.20. The standard InChI is InChI=1S/C23H27ClFN3O2/c24-19-3-1-16(2-4-19)21-15-28(23(29)17-7-10-26-11-8-17)14-18(21)9-12-30-22-6-5-20(25)13-27-22/h1-6,13,17-18,21,26H,7-12,14-15H2/t18-,21+/m0/s1. The lowest BCUT2D eigenvalue weighted by molar-refractivity contribution is -0.135. The van der Waals surface area contributed by atoms with E-state index in [9.17, 15) is 9.18 Å². The highest BCUT2D eigenvalue weighted by molar-refractivity contribution is 6.30. The molecule has 1 aromatic carbocycles. The normalized spacial score (nSPS) is 22.3. The maximum absolute atomic E-state index is 13.1. The molecule has 3 heterocycles. The highest BCUT2D eigenvalue weighted by atomic mass is 35.5. The molecule has 7 heteroatoms. The van der Waals surface area contributed by atoms with Crippen molar-refractivity contribution in [2.45, 2.75) is 25.2 Å².